The lowest BCUT2D eigenvalue weighted by molar-refractivity contribution is -0.139. The van der Waals surface area contributed by atoms with Crippen molar-refractivity contribution < 1.29 is 19.4 Å². The van der Waals surface area contributed by atoms with Crippen molar-refractivity contribution in [1.29, 1.82) is 0 Å². The van der Waals surface area contributed by atoms with Gasteiger partial charge in [0.25, 0.3) is 0 Å². The number of hydrogen-bond donors (Lipinski definition) is 2. The summed E-state index contributed by atoms with van der Waals surface area (Å²) in [5.74, 6) is -0.493. The van der Waals surface area contributed by atoms with Crippen molar-refractivity contribution in [3.05, 3.63) is 36.9 Å². The van der Waals surface area contributed by atoms with Crippen LogP contribution < -0.4 is 10.1 Å². The van der Waals surface area contributed by atoms with E-state index in [0.717, 1.165) is 0 Å². The smallest absolute Gasteiger partial charge is 0.303 e. The van der Waals surface area contributed by atoms with Crippen LogP contribution in [0.4, 0.5) is 5.69 Å². The van der Waals surface area contributed by atoms with Gasteiger partial charge < -0.3 is 15.2 Å². The van der Waals surface area contributed by atoms with E-state index in [0.29, 0.717) is 18.0 Å². The van der Waals surface area contributed by atoms with E-state index in [4.69, 9.17) is 9.84 Å². The molecule has 114 valence electrons. The fraction of sp³-hybridized carbons (Fsp3) is 0.375. The maximum absolute atomic E-state index is 12.0. The fourth-order valence-corrected chi connectivity index (χ4v) is 1.93. The number of carboxylic acid groups (broad SMARTS) is 1. The summed E-state index contributed by atoms with van der Waals surface area (Å²) in [6.07, 6.45) is 1.72. The Hall–Kier alpha value is -2.30. The second kappa shape index (κ2) is 7.47. The number of carbonyl (C=O) groups excluding carboxylic acids is 1. The molecule has 0 fully saturated rings. The van der Waals surface area contributed by atoms with Crippen LogP contribution in [0.2, 0.25) is 0 Å². The molecule has 0 atom stereocenters. The molecular formula is C16H21NO4. The third-order valence-corrected chi connectivity index (χ3v) is 2.75. The van der Waals surface area contributed by atoms with Crippen LogP contribution in [-0.2, 0) is 9.59 Å². The van der Waals surface area contributed by atoms with Gasteiger partial charge in [-0.3, -0.25) is 9.59 Å². The monoisotopic (exact) mass is 291 g/mol. The molecule has 0 aliphatic heterocycles. The minimum absolute atomic E-state index is 0.0527. The number of carboxylic acids is 1. The van der Waals surface area contributed by atoms with Gasteiger partial charge >= 0.3 is 5.97 Å². The molecule has 0 aromatic heterocycles. The van der Waals surface area contributed by atoms with Gasteiger partial charge in [-0.15, -0.1) is 0 Å². The van der Waals surface area contributed by atoms with Crippen LogP contribution >= 0.6 is 0 Å². The molecule has 5 nitrogen and oxygen atoms in total. The van der Waals surface area contributed by atoms with E-state index in [9.17, 15) is 9.59 Å². The number of nitrogens with one attached hydrogen (secondary N) is 1. The average Bonchev–Trinajstić information content (AvgIpc) is 2.34. The van der Waals surface area contributed by atoms with Gasteiger partial charge in [-0.25, -0.2) is 0 Å². The summed E-state index contributed by atoms with van der Waals surface area (Å²) < 4.78 is 5.38. The van der Waals surface area contributed by atoms with Crippen molar-refractivity contribution in [1.82, 2.24) is 0 Å². The van der Waals surface area contributed by atoms with E-state index < -0.39 is 11.4 Å². The van der Waals surface area contributed by atoms with Crippen LogP contribution in [0.15, 0.2) is 36.9 Å². The van der Waals surface area contributed by atoms with Crippen LogP contribution in [0.1, 0.15) is 26.7 Å². The van der Waals surface area contributed by atoms with Crippen LogP contribution in [-0.4, -0.2) is 23.6 Å². The number of anilines is 1. The van der Waals surface area contributed by atoms with Gasteiger partial charge in [0.2, 0.25) is 5.91 Å². The number of carbonyl (C=O) groups is 2. The maximum atomic E-state index is 12.0. The van der Waals surface area contributed by atoms with Gasteiger partial charge in [0, 0.05) is 18.2 Å². The Morgan fingerprint density at radius 2 is 2.10 bits per heavy atom. The maximum Gasteiger partial charge on any atom is 0.303 e. The molecular weight excluding hydrogens is 270 g/mol. The largest absolute Gasteiger partial charge is 0.489 e. The summed E-state index contributed by atoms with van der Waals surface area (Å²) in [5.41, 5.74) is 0.0278. The normalized spacial score (nSPS) is 10.8. The standard InChI is InChI=1S/C16H21NO4/c1-4-8-21-13-7-5-6-12(9-13)17-14(18)10-16(2,3)11-15(19)20/h4-7,9H,1,8,10-11H2,2-3H3,(H,17,18)(H,19,20). The molecule has 1 rings (SSSR count). The molecule has 1 aromatic rings. The molecule has 0 unspecified atom stereocenters. The van der Waals surface area contributed by atoms with E-state index in [1.807, 2.05) is 0 Å². The van der Waals surface area contributed by atoms with Crippen LogP contribution in [0.25, 0.3) is 0 Å². The van der Waals surface area contributed by atoms with E-state index in [1.165, 1.54) is 0 Å². The molecule has 5 heteroatoms. The summed E-state index contributed by atoms with van der Waals surface area (Å²) in [6, 6.07) is 7.03. The summed E-state index contributed by atoms with van der Waals surface area (Å²) in [6.45, 7) is 7.47. The van der Waals surface area contributed by atoms with Crippen molar-refractivity contribution in [2.45, 2.75) is 26.7 Å². The first-order valence-corrected chi connectivity index (χ1v) is 6.68. The Labute approximate surface area is 124 Å². The molecule has 1 aromatic carbocycles. The number of aliphatic carboxylic acids is 1. The number of hydrogen-bond acceptors (Lipinski definition) is 3. The molecule has 21 heavy (non-hydrogen) atoms. The van der Waals surface area contributed by atoms with Gasteiger partial charge in [0.15, 0.2) is 0 Å². The quantitative estimate of drug-likeness (QED) is 0.722. The molecule has 0 radical (unpaired) electrons. The molecule has 1 amide bonds. The molecule has 0 saturated carbocycles. The Kier molecular flexibility index (Phi) is 5.96. The van der Waals surface area contributed by atoms with Gasteiger partial charge in [-0.05, 0) is 17.5 Å². The summed E-state index contributed by atoms with van der Waals surface area (Å²) in [4.78, 5) is 22.7. The SMILES string of the molecule is C=CCOc1cccc(NC(=O)CC(C)(C)CC(=O)O)c1. The Morgan fingerprint density at radius 1 is 1.38 bits per heavy atom. The van der Waals surface area contributed by atoms with Gasteiger partial charge in [0.1, 0.15) is 12.4 Å². The lowest BCUT2D eigenvalue weighted by atomic mass is 9.85. The van der Waals surface area contributed by atoms with Crippen LogP contribution in [0.5, 0.6) is 5.75 Å². The molecule has 2 N–H and O–H groups in total. The lowest BCUT2D eigenvalue weighted by Crippen LogP contribution is -2.24. The third-order valence-electron chi connectivity index (χ3n) is 2.75. The Balaban J connectivity index is 2.62. The molecule has 0 spiro atoms. The highest BCUT2D eigenvalue weighted by molar-refractivity contribution is 5.91. The topological polar surface area (TPSA) is 75.6 Å². The predicted molar refractivity (Wildman–Crippen MR) is 81.4 cm³/mol. The van der Waals surface area contributed by atoms with Crippen molar-refractivity contribution >= 4 is 17.6 Å². The minimum atomic E-state index is -0.910. The summed E-state index contributed by atoms with van der Waals surface area (Å²) in [7, 11) is 0. The van der Waals surface area contributed by atoms with E-state index in [1.54, 1.807) is 44.2 Å². The Bertz CT molecular complexity index is 523. The molecule has 0 aliphatic rings. The minimum Gasteiger partial charge on any atom is -0.489 e. The first-order chi connectivity index (χ1) is 9.82. The van der Waals surface area contributed by atoms with Crippen LogP contribution in [0, 0.1) is 5.41 Å². The summed E-state index contributed by atoms with van der Waals surface area (Å²) >= 11 is 0. The first-order valence-electron chi connectivity index (χ1n) is 6.68. The second-order valence-corrected chi connectivity index (χ2v) is 5.59. The molecule has 0 saturated heterocycles. The van der Waals surface area contributed by atoms with Crippen molar-refractivity contribution in [3.63, 3.8) is 0 Å². The van der Waals surface area contributed by atoms with Crippen molar-refractivity contribution in [2.75, 3.05) is 11.9 Å². The van der Waals surface area contributed by atoms with Crippen molar-refractivity contribution in [3.8, 4) is 5.75 Å². The van der Waals surface area contributed by atoms with Gasteiger partial charge in [-0.1, -0.05) is 32.6 Å². The fourth-order valence-electron chi connectivity index (χ4n) is 1.93. The summed E-state index contributed by atoms with van der Waals surface area (Å²) in [5, 5.41) is 11.6. The number of benzene rings is 1. The molecule has 0 bridgehead atoms. The van der Waals surface area contributed by atoms with E-state index >= 15 is 0 Å². The highest BCUT2D eigenvalue weighted by Crippen LogP contribution is 2.26. The third kappa shape index (κ3) is 6.61. The zero-order chi connectivity index (χ0) is 15.9. The van der Waals surface area contributed by atoms with Crippen LogP contribution in [0.3, 0.4) is 0 Å². The van der Waals surface area contributed by atoms with Gasteiger partial charge in [-0.2, -0.15) is 0 Å². The van der Waals surface area contributed by atoms with Gasteiger partial charge in [0.05, 0.1) is 6.42 Å². The highest BCUT2D eigenvalue weighted by Gasteiger charge is 2.25. The average molecular weight is 291 g/mol. The van der Waals surface area contributed by atoms with E-state index in [2.05, 4.69) is 11.9 Å². The Morgan fingerprint density at radius 3 is 2.71 bits per heavy atom. The number of amides is 1. The predicted octanol–water partition coefficient (Wildman–Crippen LogP) is 3.08. The highest BCUT2D eigenvalue weighted by atomic mass is 16.5. The zero-order valence-corrected chi connectivity index (χ0v) is 12.4. The second-order valence-electron chi connectivity index (χ2n) is 5.59. The zero-order valence-electron chi connectivity index (χ0n) is 12.4. The molecule has 0 aliphatic carbocycles. The van der Waals surface area contributed by atoms with E-state index in [-0.39, 0.29) is 18.7 Å². The number of ether oxygens (including phenoxy) is 1. The lowest BCUT2D eigenvalue weighted by Gasteiger charge is -2.21. The number of rotatable bonds is 8. The molecule has 0 heterocycles. The van der Waals surface area contributed by atoms with Crippen molar-refractivity contribution in [2.24, 2.45) is 5.41 Å². The first kappa shape index (κ1) is 16.8.